The van der Waals surface area contributed by atoms with Gasteiger partial charge in [0, 0.05) is 6.42 Å². The molecule has 2 N–H and O–H groups in total. The molecular weight excluding hydrogens is 174 g/mol. The Labute approximate surface area is 80.3 Å². The minimum Gasteiger partial charge on any atom is -0.370 e. The second-order valence-electron chi connectivity index (χ2n) is 3.53. The molecule has 0 radical (unpaired) electrons. The summed E-state index contributed by atoms with van der Waals surface area (Å²) in [6, 6.07) is 0. The van der Waals surface area contributed by atoms with Crippen LogP contribution in [0.5, 0.6) is 0 Å². The molecule has 12 heavy (non-hydrogen) atoms. The predicted molar refractivity (Wildman–Crippen MR) is 52.3 cm³/mol. The van der Waals surface area contributed by atoms with Gasteiger partial charge in [-0.1, -0.05) is 25.7 Å². The number of hydrogen-bond acceptors (Lipinski definition) is 1. The molecule has 1 aliphatic rings. The van der Waals surface area contributed by atoms with E-state index in [0.717, 1.165) is 0 Å². The Hall–Kier alpha value is -0.240. The van der Waals surface area contributed by atoms with E-state index in [4.69, 9.17) is 5.73 Å². The van der Waals surface area contributed by atoms with Gasteiger partial charge in [0.15, 0.2) is 0 Å². The minimum atomic E-state index is -0.128. The highest BCUT2D eigenvalue weighted by Crippen LogP contribution is 2.24. The second kappa shape index (κ2) is 6.30. The fourth-order valence-electron chi connectivity index (χ4n) is 1.85. The average Bonchev–Trinajstić information content (AvgIpc) is 2.14. The zero-order chi connectivity index (χ0) is 8.10. The largest absolute Gasteiger partial charge is 0.370 e. The Morgan fingerprint density at radius 3 is 2.08 bits per heavy atom. The molecule has 2 nitrogen and oxygen atoms in total. The van der Waals surface area contributed by atoms with Crippen molar-refractivity contribution in [2.24, 2.45) is 11.7 Å². The van der Waals surface area contributed by atoms with Crippen LogP contribution in [0, 0.1) is 5.92 Å². The second-order valence-corrected chi connectivity index (χ2v) is 3.53. The number of primary amides is 1. The van der Waals surface area contributed by atoms with Crippen molar-refractivity contribution in [1.82, 2.24) is 0 Å². The van der Waals surface area contributed by atoms with Crippen molar-refractivity contribution in [1.29, 1.82) is 0 Å². The molecule has 0 unspecified atom stereocenters. The number of nitrogens with two attached hydrogens (primary N) is 1. The third-order valence-electron chi connectivity index (χ3n) is 2.46. The predicted octanol–water partition coefficient (Wildman–Crippen LogP) is 2.25. The summed E-state index contributed by atoms with van der Waals surface area (Å²) >= 11 is 0. The lowest BCUT2D eigenvalue weighted by atomic mass is 9.96. The quantitative estimate of drug-likeness (QED) is 0.669. The van der Waals surface area contributed by atoms with Crippen LogP contribution in [0.2, 0.25) is 0 Å². The Kier molecular flexibility index (Phi) is 6.17. The number of carbonyl (C=O) groups excluding carboxylic acids is 1. The first kappa shape index (κ1) is 11.8. The monoisotopic (exact) mass is 191 g/mol. The lowest BCUT2D eigenvalue weighted by Gasteiger charge is -2.09. The highest BCUT2D eigenvalue weighted by atomic mass is 35.5. The van der Waals surface area contributed by atoms with Crippen molar-refractivity contribution < 1.29 is 4.79 Å². The average molecular weight is 192 g/mol. The van der Waals surface area contributed by atoms with Crippen LogP contribution in [0.4, 0.5) is 0 Å². The van der Waals surface area contributed by atoms with Crippen LogP contribution in [0.1, 0.15) is 44.9 Å². The Balaban J connectivity index is 0.00000121. The van der Waals surface area contributed by atoms with Crippen LogP contribution < -0.4 is 5.73 Å². The number of carbonyl (C=O) groups is 1. The summed E-state index contributed by atoms with van der Waals surface area (Å²) in [4.78, 5) is 10.6. The van der Waals surface area contributed by atoms with Gasteiger partial charge in [0.25, 0.3) is 0 Å². The van der Waals surface area contributed by atoms with Gasteiger partial charge >= 0.3 is 0 Å². The third-order valence-corrected chi connectivity index (χ3v) is 2.46. The van der Waals surface area contributed by atoms with Crippen LogP contribution in [0.25, 0.3) is 0 Å². The number of halogens is 1. The standard InChI is InChI=1S/C9H17NO.ClH/c10-9(11)7-8-5-3-1-2-4-6-8;/h8H,1-7H2,(H2,10,11);1H. The molecular formula is C9H18ClNO. The van der Waals surface area contributed by atoms with Crippen molar-refractivity contribution in [2.75, 3.05) is 0 Å². The van der Waals surface area contributed by atoms with Gasteiger partial charge < -0.3 is 5.73 Å². The van der Waals surface area contributed by atoms with Gasteiger partial charge in [-0.05, 0) is 18.8 Å². The number of hydrogen-bond donors (Lipinski definition) is 1. The zero-order valence-electron chi connectivity index (χ0n) is 7.42. The van der Waals surface area contributed by atoms with Gasteiger partial charge in [0.05, 0.1) is 0 Å². The lowest BCUT2D eigenvalue weighted by molar-refractivity contribution is -0.119. The van der Waals surface area contributed by atoms with Crippen LogP contribution in [-0.2, 0) is 4.79 Å². The topological polar surface area (TPSA) is 43.1 Å². The van der Waals surface area contributed by atoms with Gasteiger partial charge in [-0.15, -0.1) is 12.4 Å². The first-order valence-corrected chi connectivity index (χ1v) is 4.57. The molecule has 0 aromatic carbocycles. The SMILES string of the molecule is Cl.NC(=O)CC1CCCCCC1. The third kappa shape index (κ3) is 4.60. The molecule has 3 heteroatoms. The number of rotatable bonds is 2. The molecule has 0 aromatic heterocycles. The van der Waals surface area contributed by atoms with Crippen molar-refractivity contribution in [3.63, 3.8) is 0 Å². The van der Waals surface area contributed by atoms with E-state index in [0.29, 0.717) is 12.3 Å². The van der Waals surface area contributed by atoms with Gasteiger partial charge in [0.2, 0.25) is 5.91 Å². The van der Waals surface area contributed by atoms with Gasteiger partial charge in [-0.25, -0.2) is 0 Å². The van der Waals surface area contributed by atoms with E-state index in [1.807, 2.05) is 0 Å². The molecule has 0 aliphatic heterocycles. The molecule has 0 atom stereocenters. The molecule has 0 heterocycles. The van der Waals surface area contributed by atoms with Crippen molar-refractivity contribution >= 4 is 18.3 Å². The van der Waals surface area contributed by atoms with E-state index in [-0.39, 0.29) is 18.3 Å². The van der Waals surface area contributed by atoms with Crippen molar-refractivity contribution in [3.05, 3.63) is 0 Å². The van der Waals surface area contributed by atoms with Crippen molar-refractivity contribution in [3.8, 4) is 0 Å². The van der Waals surface area contributed by atoms with E-state index in [9.17, 15) is 4.79 Å². The van der Waals surface area contributed by atoms with Crippen LogP contribution in [-0.4, -0.2) is 5.91 Å². The Morgan fingerprint density at radius 1 is 1.17 bits per heavy atom. The lowest BCUT2D eigenvalue weighted by Crippen LogP contribution is -2.15. The Morgan fingerprint density at radius 2 is 1.67 bits per heavy atom. The smallest absolute Gasteiger partial charge is 0.217 e. The summed E-state index contributed by atoms with van der Waals surface area (Å²) in [5.41, 5.74) is 5.14. The molecule has 1 aliphatic carbocycles. The molecule has 1 fully saturated rings. The van der Waals surface area contributed by atoms with E-state index in [1.165, 1.54) is 38.5 Å². The van der Waals surface area contributed by atoms with Gasteiger partial charge in [-0.2, -0.15) is 0 Å². The maximum atomic E-state index is 10.6. The van der Waals surface area contributed by atoms with Crippen molar-refractivity contribution in [2.45, 2.75) is 44.9 Å². The van der Waals surface area contributed by atoms with E-state index >= 15 is 0 Å². The van der Waals surface area contributed by atoms with Crippen LogP contribution in [0.15, 0.2) is 0 Å². The van der Waals surface area contributed by atoms with Gasteiger partial charge in [0.1, 0.15) is 0 Å². The molecule has 0 aromatic rings. The normalized spacial score (nSPS) is 19.3. The summed E-state index contributed by atoms with van der Waals surface area (Å²) in [6.07, 6.45) is 8.30. The first-order chi connectivity index (χ1) is 5.29. The Bertz CT molecular complexity index is 130. The number of amides is 1. The summed E-state index contributed by atoms with van der Waals surface area (Å²) < 4.78 is 0. The molecule has 0 saturated heterocycles. The van der Waals surface area contributed by atoms with E-state index in [2.05, 4.69) is 0 Å². The van der Waals surface area contributed by atoms with E-state index < -0.39 is 0 Å². The zero-order valence-corrected chi connectivity index (χ0v) is 8.24. The highest BCUT2D eigenvalue weighted by molar-refractivity contribution is 5.85. The van der Waals surface area contributed by atoms with E-state index in [1.54, 1.807) is 0 Å². The maximum Gasteiger partial charge on any atom is 0.217 e. The molecule has 0 bridgehead atoms. The van der Waals surface area contributed by atoms with Crippen LogP contribution in [0.3, 0.4) is 0 Å². The summed E-state index contributed by atoms with van der Waals surface area (Å²) in [5.74, 6) is 0.465. The summed E-state index contributed by atoms with van der Waals surface area (Å²) in [5, 5.41) is 0. The molecule has 1 rings (SSSR count). The maximum absolute atomic E-state index is 10.6. The summed E-state index contributed by atoms with van der Waals surface area (Å²) in [7, 11) is 0. The fraction of sp³-hybridized carbons (Fsp3) is 0.889. The molecule has 1 amide bonds. The first-order valence-electron chi connectivity index (χ1n) is 4.57. The van der Waals surface area contributed by atoms with Gasteiger partial charge in [-0.3, -0.25) is 4.79 Å². The molecule has 72 valence electrons. The fourth-order valence-corrected chi connectivity index (χ4v) is 1.85. The minimum absolute atomic E-state index is 0. The molecule has 0 spiro atoms. The summed E-state index contributed by atoms with van der Waals surface area (Å²) in [6.45, 7) is 0. The molecule has 1 saturated carbocycles. The van der Waals surface area contributed by atoms with Crippen LogP contribution >= 0.6 is 12.4 Å². The highest BCUT2D eigenvalue weighted by Gasteiger charge is 2.13.